The maximum absolute atomic E-state index is 12.7. The van der Waals surface area contributed by atoms with E-state index in [0.29, 0.717) is 18.9 Å². The highest BCUT2D eigenvalue weighted by atomic mass is 16.2. The number of benzene rings is 1. The van der Waals surface area contributed by atoms with Gasteiger partial charge < -0.3 is 10.2 Å². The van der Waals surface area contributed by atoms with Gasteiger partial charge in [0, 0.05) is 19.2 Å². The summed E-state index contributed by atoms with van der Waals surface area (Å²) < 4.78 is 1.59. The van der Waals surface area contributed by atoms with Crippen molar-refractivity contribution in [3.63, 3.8) is 0 Å². The fraction of sp³-hybridized carbons (Fsp3) is 0.350. The van der Waals surface area contributed by atoms with Gasteiger partial charge in [0.05, 0.1) is 12.0 Å². The standard InChI is InChI=1S/C20H21N7O/c28-20(25-17-7-3-5-14-4-1-2-6-16(14)17)15-9-26(10-15)18-8-19(23-12-22-18)27-13-21-11-24-27/h1-2,4,6,8,11-13,15,17H,3,5,7,9-10H2,(H,25,28). The number of anilines is 1. The monoisotopic (exact) mass is 375 g/mol. The van der Waals surface area contributed by atoms with Crippen LogP contribution in [0, 0.1) is 5.92 Å². The zero-order valence-corrected chi connectivity index (χ0v) is 15.4. The molecule has 1 N–H and O–H groups in total. The fourth-order valence-electron chi connectivity index (χ4n) is 3.99. The van der Waals surface area contributed by atoms with Gasteiger partial charge >= 0.3 is 0 Å². The Kier molecular flexibility index (Phi) is 4.23. The zero-order valence-electron chi connectivity index (χ0n) is 15.4. The first-order chi connectivity index (χ1) is 13.8. The van der Waals surface area contributed by atoms with E-state index < -0.39 is 0 Å². The Morgan fingerprint density at radius 3 is 2.82 bits per heavy atom. The maximum atomic E-state index is 12.7. The third-order valence-corrected chi connectivity index (χ3v) is 5.55. The van der Waals surface area contributed by atoms with Gasteiger partial charge in [-0.25, -0.2) is 19.6 Å². The number of aromatic nitrogens is 5. The molecule has 1 amide bonds. The molecule has 1 aliphatic carbocycles. The number of hydrogen-bond donors (Lipinski definition) is 1. The van der Waals surface area contributed by atoms with Gasteiger partial charge in [-0.1, -0.05) is 24.3 Å². The Hall–Kier alpha value is -3.29. The molecule has 0 radical (unpaired) electrons. The predicted molar refractivity (Wildman–Crippen MR) is 103 cm³/mol. The Morgan fingerprint density at radius 2 is 1.96 bits per heavy atom. The third-order valence-electron chi connectivity index (χ3n) is 5.55. The second-order valence-corrected chi connectivity index (χ2v) is 7.33. The summed E-state index contributed by atoms with van der Waals surface area (Å²) in [6, 6.07) is 10.4. The molecule has 0 saturated carbocycles. The Bertz CT molecular complexity index is 982. The van der Waals surface area contributed by atoms with Crippen LogP contribution in [0.5, 0.6) is 0 Å². The van der Waals surface area contributed by atoms with E-state index in [1.807, 2.05) is 6.07 Å². The molecule has 8 nitrogen and oxygen atoms in total. The normalized spacial score (nSPS) is 19.0. The lowest BCUT2D eigenvalue weighted by Crippen LogP contribution is -2.54. The van der Waals surface area contributed by atoms with Gasteiger partial charge in [0.1, 0.15) is 24.8 Å². The Morgan fingerprint density at radius 1 is 1.11 bits per heavy atom. The van der Waals surface area contributed by atoms with Crippen LogP contribution in [-0.2, 0) is 11.2 Å². The van der Waals surface area contributed by atoms with Gasteiger partial charge in [-0.3, -0.25) is 4.79 Å². The number of carbonyl (C=O) groups excluding carboxylic acids is 1. The van der Waals surface area contributed by atoms with Crippen molar-refractivity contribution < 1.29 is 4.79 Å². The van der Waals surface area contributed by atoms with E-state index in [4.69, 9.17) is 0 Å². The van der Waals surface area contributed by atoms with Gasteiger partial charge in [-0.05, 0) is 30.4 Å². The van der Waals surface area contributed by atoms with Crippen molar-refractivity contribution in [2.45, 2.75) is 25.3 Å². The van der Waals surface area contributed by atoms with Gasteiger partial charge in [0.2, 0.25) is 5.91 Å². The number of nitrogens with zero attached hydrogens (tertiary/aromatic N) is 6. The first-order valence-electron chi connectivity index (χ1n) is 9.58. The molecule has 1 aliphatic heterocycles. The van der Waals surface area contributed by atoms with Crippen molar-refractivity contribution in [3.8, 4) is 5.82 Å². The van der Waals surface area contributed by atoms with E-state index in [-0.39, 0.29) is 17.9 Å². The molecule has 5 rings (SSSR count). The van der Waals surface area contributed by atoms with Gasteiger partial charge in [-0.2, -0.15) is 5.10 Å². The largest absolute Gasteiger partial charge is 0.355 e. The summed E-state index contributed by atoms with van der Waals surface area (Å²) in [5.74, 6) is 1.57. The van der Waals surface area contributed by atoms with Crippen molar-refractivity contribution in [2.24, 2.45) is 5.92 Å². The summed E-state index contributed by atoms with van der Waals surface area (Å²) in [5, 5.41) is 7.35. The van der Waals surface area contributed by atoms with Crippen LogP contribution in [0.3, 0.4) is 0 Å². The molecule has 2 aliphatic rings. The molecule has 3 heterocycles. The Labute approximate surface area is 162 Å². The van der Waals surface area contributed by atoms with Crippen LogP contribution in [0.1, 0.15) is 30.0 Å². The third kappa shape index (κ3) is 3.11. The molecule has 2 aromatic heterocycles. The molecule has 1 saturated heterocycles. The van der Waals surface area contributed by atoms with Crippen LogP contribution in [0.4, 0.5) is 5.82 Å². The molecule has 0 spiro atoms. The summed E-state index contributed by atoms with van der Waals surface area (Å²) >= 11 is 0. The van der Waals surface area contributed by atoms with E-state index in [0.717, 1.165) is 25.1 Å². The van der Waals surface area contributed by atoms with Crippen LogP contribution in [0.25, 0.3) is 5.82 Å². The van der Waals surface area contributed by atoms with Crippen LogP contribution in [-0.4, -0.2) is 43.7 Å². The smallest absolute Gasteiger partial charge is 0.227 e. The van der Waals surface area contributed by atoms with Crippen molar-refractivity contribution in [2.75, 3.05) is 18.0 Å². The van der Waals surface area contributed by atoms with Gasteiger partial charge in [0.25, 0.3) is 0 Å². The molecule has 28 heavy (non-hydrogen) atoms. The second kappa shape index (κ2) is 7.03. The highest BCUT2D eigenvalue weighted by Crippen LogP contribution is 2.30. The van der Waals surface area contributed by atoms with Crippen LogP contribution in [0.2, 0.25) is 0 Å². The topological polar surface area (TPSA) is 88.8 Å². The lowest BCUT2D eigenvalue weighted by atomic mass is 9.87. The summed E-state index contributed by atoms with van der Waals surface area (Å²) in [7, 11) is 0. The SMILES string of the molecule is O=C(NC1CCCc2ccccc21)C1CN(c2cc(-n3cncn3)ncn2)C1. The quantitative estimate of drug-likeness (QED) is 0.746. The molecule has 1 aromatic carbocycles. The molecular weight excluding hydrogens is 354 g/mol. The highest BCUT2D eigenvalue weighted by Gasteiger charge is 2.35. The molecule has 1 atom stereocenters. The lowest BCUT2D eigenvalue weighted by Gasteiger charge is -2.40. The van der Waals surface area contributed by atoms with E-state index in [9.17, 15) is 4.79 Å². The minimum Gasteiger partial charge on any atom is -0.355 e. The summed E-state index contributed by atoms with van der Waals surface area (Å²) in [6.07, 6.45) is 7.80. The summed E-state index contributed by atoms with van der Waals surface area (Å²) in [5.41, 5.74) is 2.63. The number of hydrogen-bond acceptors (Lipinski definition) is 6. The van der Waals surface area contributed by atoms with E-state index in [1.54, 1.807) is 11.0 Å². The van der Waals surface area contributed by atoms with Crippen molar-refractivity contribution in [1.29, 1.82) is 0 Å². The van der Waals surface area contributed by atoms with E-state index in [1.165, 1.54) is 23.8 Å². The molecule has 3 aromatic rings. The number of amides is 1. The molecule has 8 heteroatoms. The minimum atomic E-state index is -0.0149. The molecule has 0 bridgehead atoms. The minimum absolute atomic E-state index is 0.0149. The molecule has 1 unspecified atom stereocenters. The number of carbonyl (C=O) groups is 1. The molecular formula is C20H21N7O. The fourth-order valence-corrected chi connectivity index (χ4v) is 3.99. The predicted octanol–water partition coefficient (Wildman–Crippen LogP) is 1.69. The molecule has 142 valence electrons. The second-order valence-electron chi connectivity index (χ2n) is 7.33. The van der Waals surface area contributed by atoms with E-state index in [2.05, 4.69) is 54.5 Å². The van der Waals surface area contributed by atoms with Gasteiger partial charge in [-0.15, -0.1) is 0 Å². The number of rotatable bonds is 4. The Balaban J connectivity index is 1.22. The highest BCUT2D eigenvalue weighted by molar-refractivity contribution is 5.82. The summed E-state index contributed by atoms with van der Waals surface area (Å²) in [6.45, 7) is 1.32. The van der Waals surface area contributed by atoms with Crippen molar-refractivity contribution >= 4 is 11.7 Å². The van der Waals surface area contributed by atoms with Crippen LogP contribution >= 0.6 is 0 Å². The average Bonchev–Trinajstić information content (AvgIpc) is 3.22. The van der Waals surface area contributed by atoms with Crippen LogP contribution < -0.4 is 10.2 Å². The first-order valence-corrected chi connectivity index (χ1v) is 9.58. The summed E-state index contributed by atoms with van der Waals surface area (Å²) in [4.78, 5) is 27.3. The van der Waals surface area contributed by atoms with Crippen molar-refractivity contribution in [3.05, 3.63) is 60.4 Å². The average molecular weight is 375 g/mol. The molecule has 1 fully saturated rings. The van der Waals surface area contributed by atoms with Crippen molar-refractivity contribution in [1.82, 2.24) is 30.0 Å². The lowest BCUT2D eigenvalue weighted by molar-refractivity contribution is -0.126. The zero-order chi connectivity index (χ0) is 18.9. The number of fused-ring (bicyclic) bond motifs is 1. The van der Waals surface area contributed by atoms with E-state index >= 15 is 0 Å². The van der Waals surface area contributed by atoms with Crippen LogP contribution in [0.15, 0.2) is 49.3 Å². The first kappa shape index (κ1) is 16.9. The van der Waals surface area contributed by atoms with Gasteiger partial charge in [0.15, 0.2) is 5.82 Å². The maximum Gasteiger partial charge on any atom is 0.227 e. The number of nitrogens with one attached hydrogen (secondary N) is 1. The number of aryl methyl sites for hydroxylation is 1.